The van der Waals surface area contributed by atoms with Crippen LogP contribution in [0.5, 0.6) is 11.5 Å². The Morgan fingerprint density at radius 1 is 0.475 bits per heavy atom. The number of hydrogen-bond donors (Lipinski definition) is 0. The van der Waals surface area contributed by atoms with E-state index in [1.807, 2.05) is 0 Å². The molecule has 0 spiro atoms. The Kier molecular flexibility index (Phi) is 3.75. The maximum atomic E-state index is 6.49. The van der Waals surface area contributed by atoms with Crippen LogP contribution < -0.4 is 21.1 Å². The summed E-state index contributed by atoms with van der Waals surface area (Å²) in [5, 5.41) is 5.19. The third-order valence-corrected chi connectivity index (χ3v) is 8.97. The van der Waals surface area contributed by atoms with Crippen LogP contribution in [0.25, 0.3) is 55.0 Å². The van der Waals surface area contributed by atoms with Crippen molar-refractivity contribution in [3.05, 3.63) is 127 Å². The Balaban J connectivity index is 1.43. The van der Waals surface area contributed by atoms with Gasteiger partial charge in [0.25, 0.3) is 6.71 Å². The number of fused-ring (bicyclic) bond motifs is 11. The zero-order valence-electron chi connectivity index (χ0n) is 21.5. The molecular weight excluding hydrogens is 487 g/mol. The minimum atomic E-state index is 0.137. The maximum absolute atomic E-state index is 6.49. The first-order valence-electron chi connectivity index (χ1n) is 13.8. The van der Waals surface area contributed by atoms with Crippen molar-refractivity contribution < 1.29 is 4.74 Å². The molecule has 0 unspecified atom stereocenters. The number of hydrogen-bond acceptors (Lipinski definition) is 1. The van der Waals surface area contributed by atoms with Gasteiger partial charge in [0.1, 0.15) is 11.5 Å². The van der Waals surface area contributed by atoms with E-state index in [2.05, 4.69) is 137 Å². The Morgan fingerprint density at radius 2 is 1.15 bits per heavy atom. The summed E-state index contributed by atoms with van der Waals surface area (Å²) in [6.07, 6.45) is 0. The average Bonchev–Trinajstić information content (AvgIpc) is 3.53. The molecule has 0 fully saturated rings. The van der Waals surface area contributed by atoms with E-state index >= 15 is 0 Å². The Labute approximate surface area is 230 Å². The highest BCUT2D eigenvalue weighted by Gasteiger charge is 2.40. The molecule has 0 atom stereocenters. The van der Waals surface area contributed by atoms with Crippen molar-refractivity contribution in [2.24, 2.45) is 0 Å². The predicted octanol–water partition coefficient (Wildman–Crippen LogP) is 6.82. The van der Waals surface area contributed by atoms with E-state index in [9.17, 15) is 0 Å². The van der Waals surface area contributed by atoms with Gasteiger partial charge >= 0.3 is 0 Å². The summed E-state index contributed by atoms with van der Waals surface area (Å²) in [7, 11) is 0. The summed E-state index contributed by atoms with van der Waals surface area (Å²) in [4.78, 5) is 0. The van der Waals surface area contributed by atoms with Crippen molar-refractivity contribution >= 4 is 66.7 Å². The second-order valence-electron chi connectivity index (χ2n) is 10.9. The molecule has 2 aromatic heterocycles. The van der Waals surface area contributed by atoms with Gasteiger partial charge in [-0.1, -0.05) is 78.9 Å². The molecule has 4 heterocycles. The second-order valence-corrected chi connectivity index (χ2v) is 10.9. The molecule has 0 amide bonds. The summed E-state index contributed by atoms with van der Waals surface area (Å²) in [5.74, 6) is 1.90. The molecule has 2 aliphatic heterocycles. The minimum absolute atomic E-state index is 0.137. The molecule has 8 aromatic rings. The van der Waals surface area contributed by atoms with Crippen molar-refractivity contribution in [1.29, 1.82) is 0 Å². The third kappa shape index (κ3) is 2.39. The molecule has 40 heavy (non-hydrogen) atoms. The number of para-hydroxylation sites is 4. The zero-order chi connectivity index (χ0) is 25.9. The lowest BCUT2D eigenvalue weighted by molar-refractivity contribution is 0.487. The van der Waals surface area contributed by atoms with E-state index in [0.717, 1.165) is 11.5 Å². The monoisotopic (exact) mass is 508 g/mol. The van der Waals surface area contributed by atoms with Gasteiger partial charge < -0.3 is 13.9 Å². The van der Waals surface area contributed by atoms with Gasteiger partial charge in [0.15, 0.2) is 0 Å². The van der Waals surface area contributed by atoms with Gasteiger partial charge in [0.2, 0.25) is 0 Å². The van der Waals surface area contributed by atoms with Crippen LogP contribution in [0.4, 0.5) is 0 Å². The van der Waals surface area contributed by atoms with E-state index in [-0.39, 0.29) is 6.71 Å². The standard InChI is InChI=1S/C36H21BN2O/c1-2-10-22(11-3-1)38-27-16-6-4-12-23(27)33-28(38)20-21-29-34(33)24-13-8-15-26-36(24)39(29)30-17-9-19-32-35(30)37(26)25-14-5-7-18-31(25)40-32/h1-21H. The first-order chi connectivity index (χ1) is 19.9. The third-order valence-electron chi connectivity index (χ3n) is 8.97. The number of rotatable bonds is 1. The smallest absolute Gasteiger partial charge is 0.256 e. The van der Waals surface area contributed by atoms with Crippen LogP contribution in [0.2, 0.25) is 0 Å². The van der Waals surface area contributed by atoms with Crippen LogP contribution in [0, 0.1) is 0 Å². The van der Waals surface area contributed by atoms with Crippen LogP contribution in [-0.2, 0) is 0 Å². The fourth-order valence-electron chi connectivity index (χ4n) is 7.50. The van der Waals surface area contributed by atoms with E-state index in [0.29, 0.717) is 0 Å². The number of nitrogens with zero attached hydrogens (tertiary/aromatic N) is 2. The zero-order valence-corrected chi connectivity index (χ0v) is 21.5. The molecule has 184 valence electrons. The lowest BCUT2D eigenvalue weighted by Crippen LogP contribution is -2.58. The fourth-order valence-corrected chi connectivity index (χ4v) is 7.50. The first-order valence-corrected chi connectivity index (χ1v) is 13.8. The van der Waals surface area contributed by atoms with E-state index in [4.69, 9.17) is 4.74 Å². The van der Waals surface area contributed by atoms with Crippen LogP contribution in [0.15, 0.2) is 127 Å². The maximum Gasteiger partial charge on any atom is 0.256 e. The molecule has 6 aromatic carbocycles. The predicted molar refractivity (Wildman–Crippen MR) is 166 cm³/mol. The SMILES string of the molecule is c1ccc(-n2c3ccccc3c3c4c5cccc6c5n(c4ccc32)-c2cccc3c2B6c2ccccc2O3)cc1. The van der Waals surface area contributed by atoms with Crippen LogP contribution in [0.3, 0.4) is 0 Å². The van der Waals surface area contributed by atoms with Gasteiger partial charge in [-0.2, -0.15) is 0 Å². The van der Waals surface area contributed by atoms with E-state index in [1.54, 1.807) is 0 Å². The molecular formula is C36H21BN2O. The van der Waals surface area contributed by atoms with Gasteiger partial charge in [-0.3, -0.25) is 0 Å². The largest absolute Gasteiger partial charge is 0.458 e. The highest BCUT2D eigenvalue weighted by Crippen LogP contribution is 2.43. The van der Waals surface area contributed by atoms with Gasteiger partial charge in [0.05, 0.1) is 16.6 Å². The highest BCUT2D eigenvalue weighted by atomic mass is 16.5. The molecule has 2 aliphatic rings. The van der Waals surface area contributed by atoms with Crippen LogP contribution in [0.1, 0.15) is 0 Å². The number of ether oxygens (including phenoxy) is 1. The summed E-state index contributed by atoms with van der Waals surface area (Å²) >= 11 is 0. The topological polar surface area (TPSA) is 19.1 Å². The first kappa shape index (κ1) is 20.7. The van der Waals surface area contributed by atoms with Crippen molar-refractivity contribution in [3.63, 3.8) is 0 Å². The average molecular weight is 508 g/mol. The molecule has 0 radical (unpaired) electrons. The number of aromatic nitrogens is 2. The van der Waals surface area contributed by atoms with Crippen molar-refractivity contribution in [1.82, 2.24) is 9.13 Å². The molecule has 0 saturated carbocycles. The molecule has 10 rings (SSSR count). The Morgan fingerprint density at radius 3 is 2.08 bits per heavy atom. The molecule has 0 saturated heterocycles. The van der Waals surface area contributed by atoms with Gasteiger partial charge in [0, 0.05) is 38.4 Å². The molecule has 4 heteroatoms. The summed E-state index contributed by atoms with van der Waals surface area (Å²) in [6.45, 7) is 0.137. The van der Waals surface area contributed by atoms with Gasteiger partial charge in [-0.05, 0) is 64.9 Å². The normalized spacial score (nSPS) is 13.2. The minimum Gasteiger partial charge on any atom is -0.458 e. The molecule has 0 aliphatic carbocycles. The van der Waals surface area contributed by atoms with Crippen LogP contribution >= 0.6 is 0 Å². The number of benzene rings is 6. The molecule has 3 nitrogen and oxygen atoms in total. The molecule has 0 bridgehead atoms. The van der Waals surface area contributed by atoms with E-state index < -0.39 is 0 Å². The lowest BCUT2D eigenvalue weighted by atomic mass is 9.34. The van der Waals surface area contributed by atoms with E-state index in [1.165, 1.54) is 71.4 Å². The lowest BCUT2D eigenvalue weighted by Gasteiger charge is -2.33. The quantitative estimate of drug-likeness (QED) is 0.223. The summed E-state index contributed by atoms with van der Waals surface area (Å²) in [5.41, 5.74) is 11.2. The van der Waals surface area contributed by atoms with Gasteiger partial charge in [-0.25, -0.2) is 0 Å². The Bertz CT molecular complexity index is 2360. The van der Waals surface area contributed by atoms with Gasteiger partial charge in [-0.15, -0.1) is 0 Å². The summed E-state index contributed by atoms with van der Waals surface area (Å²) in [6, 6.07) is 46.0. The fraction of sp³-hybridized carbons (Fsp3) is 0. The van der Waals surface area contributed by atoms with Crippen LogP contribution in [-0.4, -0.2) is 15.8 Å². The summed E-state index contributed by atoms with van der Waals surface area (Å²) < 4.78 is 11.4. The van der Waals surface area contributed by atoms with Crippen molar-refractivity contribution in [2.75, 3.05) is 0 Å². The van der Waals surface area contributed by atoms with Crippen molar-refractivity contribution in [2.45, 2.75) is 0 Å². The Hall–Kier alpha value is -5.22. The molecule has 0 N–H and O–H groups in total. The van der Waals surface area contributed by atoms with Crippen molar-refractivity contribution in [3.8, 4) is 22.9 Å². The highest BCUT2D eigenvalue weighted by molar-refractivity contribution is 6.99. The second kappa shape index (κ2) is 7.25.